The van der Waals surface area contributed by atoms with Crippen molar-refractivity contribution < 1.29 is 0 Å². The minimum absolute atomic E-state index is 0.104. The summed E-state index contributed by atoms with van der Waals surface area (Å²) < 4.78 is 3.17. The summed E-state index contributed by atoms with van der Waals surface area (Å²) in [6.45, 7) is 7.06. The van der Waals surface area contributed by atoms with Gasteiger partial charge in [-0.25, -0.2) is 4.68 Å². The Morgan fingerprint density at radius 2 is 2.00 bits per heavy atom. The average molecular weight is 334 g/mol. The fourth-order valence-corrected chi connectivity index (χ4v) is 3.38. The van der Waals surface area contributed by atoms with Crippen molar-refractivity contribution in [3.63, 3.8) is 0 Å². The molecule has 106 valence electrons. The summed E-state index contributed by atoms with van der Waals surface area (Å²) in [5, 5.41) is 4.88. The summed E-state index contributed by atoms with van der Waals surface area (Å²) in [7, 11) is 0. The van der Waals surface area contributed by atoms with E-state index in [9.17, 15) is 0 Å². The van der Waals surface area contributed by atoms with Crippen LogP contribution in [0, 0.1) is 20.8 Å². The molecule has 0 radical (unpaired) electrons. The zero-order valence-electron chi connectivity index (χ0n) is 12.2. The Balaban J connectivity index is 2.16. The molecule has 2 aromatic rings. The van der Waals surface area contributed by atoms with Crippen LogP contribution in [0.4, 0.5) is 0 Å². The summed E-state index contributed by atoms with van der Waals surface area (Å²) in [5.41, 5.74) is 12.0. The van der Waals surface area contributed by atoms with Crippen molar-refractivity contribution in [2.24, 2.45) is 5.73 Å². The lowest BCUT2D eigenvalue weighted by Gasteiger charge is -2.11. The number of nitrogens with two attached hydrogens (primary N) is 1. The van der Waals surface area contributed by atoms with E-state index in [1.165, 1.54) is 11.1 Å². The van der Waals surface area contributed by atoms with Crippen molar-refractivity contribution >= 4 is 15.9 Å². The molecule has 1 saturated carbocycles. The van der Waals surface area contributed by atoms with E-state index in [1.807, 2.05) is 0 Å². The Morgan fingerprint density at radius 1 is 1.30 bits per heavy atom. The smallest absolute Gasteiger partial charge is 0.0848 e. The van der Waals surface area contributed by atoms with Crippen molar-refractivity contribution in [1.29, 1.82) is 0 Å². The molecule has 1 fully saturated rings. The molecule has 20 heavy (non-hydrogen) atoms. The van der Waals surface area contributed by atoms with E-state index in [4.69, 9.17) is 10.8 Å². The van der Waals surface area contributed by atoms with E-state index in [-0.39, 0.29) is 5.41 Å². The third-order valence-corrected chi connectivity index (χ3v) is 5.54. The van der Waals surface area contributed by atoms with Crippen LogP contribution in [0.15, 0.2) is 22.7 Å². The van der Waals surface area contributed by atoms with Gasteiger partial charge in [0.1, 0.15) is 0 Å². The zero-order chi connectivity index (χ0) is 14.5. The number of hydrogen-bond donors (Lipinski definition) is 1. The van der Waals surface area contributed by atoms with Crippen LogP contribution < -0.4 is 5.73 Å². The highest BCUT2D eigenvalue weighted by Gasteiger charge is 2.47. The molecular formula is C16H20BrN3. The molecule has 1 aliphatic carbocycles. The molecule has 0 saturated heterocycles. The number of aromatic nitrogens is 2. The number of aryl methyl sites for hydroxylation is 1. The van der Waals surface area contributed by atoms with Crippen LogP contribution in [0.3, 0.4) is 0 Å². The van der Waals surface area contributed by atoms with Crippen molar-refractivity contribution in [1.82, 2.24) is 9.78 Å². The van der Waals surface area contributed by atoms with Crippen molar-refractivity contribution in [2.45, 2.75) is 39.0 Å². The van der Waals surface area contributed by atoms with E-state index in [0.717, 1.165) is 34.4 Å². The first-order chi connectivity index (χ1) is 9.50. The van der Waals surface area contributed by atoms with Crippen LogP contribution in [-0.2, 0) is 5.41 Å². The molecular weight excluding hydrogens is 314 g/mol. The third-order valence-electron chi connectivity index (χ3n) is 4.59. The highest BCUT2D eigenvalue weighted by atomic mass is 79.9. The highest BCUT2D eigenvalue weighted by Crippen LogP contribution is 2.49. The molecule has 1 aromatic carbocycles. The molecule has 3 rings (SSSR count). The SMILES string of the molecule is Cc1cccc(-n2nc(C3(CN)CC3)c(Br)c2C)c1C. The van der Waals surface area contributed by atoms with Crippen molar-refractivity contribution in [2.75, 3.05) is 6.54 Å². The lowest BCUT2D eigenvalue weighted by atomic mass is 10.0. The largest absolute Gasteiger partial charge is 0.330 e. The van der Waals surface area contributed by atoms with Crippen LogP contribution in [0.5, 0.6) is 0 Å². The summed E-state index contributed by atoms with van der Waals surface area (Å²) in [5.74, 6) is 0. The molecule has 0 aliphatic heterocycles. The predicted octanol–water partition coefficient (Wildman–Crippen LogP) is 3.55. The molecule has 1 aromatic heterocycles. The molecule has 2 N–H and O–H groups in total. The number of benzene rings is 1. The maximum atomic E-state index is 5.95. The first-order valence-corrected chi connectivity index (χ1v) is 7.82. The van der Waals surface area contributed by atoms with Gasteiger partial charge in [-0.15, -0.1) is 0 Å². The van der Waals surface area contributed by atoms with E-state index in [1.54, 1.807) is 0 Å². The van der Waals surface area contributed by atoms with Gasteiger partial charge in [0.15, 0.2) is 0 Å². The van der Waals surface area contributed by atoms with Crippen LogP contribution >= 0.6 is 15.9 Å². The average Bonchev–Trinajstić information content (AvgIpc) is 3.18. The molecule has 1 heterocycles. The number of hydrogen-bond acceptors (Lipinski definition) is 2. The van der Waals surface area contributed by atoms with E-state index < -0.39 is 0 Å². The Labute approximate surface area is 128 Å². The minimum atomic E-state index is 0.104. The zero-order valence-corrected chi connectivity index (χ0v) is 13.8. The van der Waals surface area contributed by atoms with Gasteiger partial charge in [-0.1, -0.05) is 12.1 Å². The van der Waals surface area contributed by atoms with Gasteiger partial charge in [-0.05, 0) is 66.7 Å². The Morgan fingerprint density at radius 3 is 2.60 bits per heavy atom. The normalized spacial score (nSPS) is 16.4. The van der Waals surface area contributed by atoms with E-state index in [0.29, 0.717) is 6.54 Å². The first-order valence-electron chi connectivity index (χ1n) is 7.02. The lowest BCUT2D eigenvalue weighted by molar-refractivity contribution is 0.657. The monoisotopic (exact) mass is 333 g/mol. The molecule has 3 nitrogen and oxygen atoms in total. The second-order valence-electron chi connectivity index (χ2n) is 5.86. The van der Waals surface area contributed by atoms with E-state index >= 15 is 0 Å². The molecule has 1 aliphatic rings. The second-order valence-corrected chi connectivity index (χ2v) is 6.66. The molecule has 4 heteroatoms. The second kappa shape index (κ2) is 4.71. The van der Waals surface area contributed by atoms with Gasteiger partial charge in [0, 0.05) is 12.0 Å². The quantitative estimate of drug-likeness (QED) is 0.933. The van der Waals surface area contributed by atoms with Crippen molar-refractivity contribution in [3.8, 4) is 5.69 Å². The van der Waals surface area contributed by atoms with Crippen LogP contribution in [-0.4, -0.2) is 16.3 Å². The predicted molar refractivity (Wildman–Crippen MR) is 85.4 cm³/mol. The van der Waals surface area contributed by atoms with Crippen LogP contribution in [0.1, 0.15) is 35.4 Å². The summed E-state index contributed by atoms with van der Waals surface area (Å²) in [6.07, 6.45) is 2.29. The van der Waals surface area contributed by atoms with Crippen LogP contribution in [0.25, 0.3) is 5.69 Å². The standard InChI is InChI=1S/C16H20BrN3/c1-10-5-4-6-13(11(10)2)20-12(3)14(17)15(19-20)16(9-18)7-8-16/h4-6H,7-9,18H2,1-3H3. The van der Waals surface area contributed by atoms with Crippen LogP contribution in [0.2, 0.25) is 0 Å². The van der Waals surface area contributed by atoms with Crippen molar-refractivity contribution in [3.05, 3.63) is 45.2 Å². The number of rotatable bonds is 3. The van der Waals surface area contributed by atoms with Gasteiger partial charge in [0.2, 0.25) is 0 Å². The molecule has 0 bridgehead atoms. The minimum Gasteiger partial charge on any atom is -0.330 e. The summed E-state index contributed by atoms with van der Waals surface area (Å²) in [6, 6.07) is 6.35. The molecule has 0 unspecified atom stereocenters. The summed E-state index contributed by atoms with van der Waals surface area (Å²) in [4.78, 5) is 0. The maximum absolute atomic E-state index is 5.95. The topological polar surface area (TPSA) is 43.8 Å². The number of nitrogens with zero attached hydrogens (tertiary/aromatic N) is 2. The van der Waals surface area contributed by atoms with Gasteiger partial charge < -0.3 is 5.73 Å². The fourth-order valence-electron chi connectivity index (χ4n) is 2.71. The number of halogens is 1. The Bertz CT molecular complexity index is 669. The first kappa shape index (κ1) is 13.8. The lowest BCUT2D eigenvalue weighted by Crippen LogP contribution is -2.21. The maximum Gasteiger partial charge on any atom is 0.0848 e. The Kier molecular flexibility index (Phi) is 3.26. The van der Waals surface area contributed by atoms with Gasteiger partial charge in [0.25, 0.3) is 0 Å². The van der Waals surface area contributed by atoms with Gasteiger partial charge >= 0.3 is 0 Å². The van der Waals surface area contributed by atoms with E-state index in [2.05, 4.69) is 59.6 Å². The molecule has 0 atom stereocenters. The van der Waals surface area contributed by atoms with Gasteiger partial charge in [0.05, 0.1) is 21.5 Å². The highest BCUT2D eigenvalue weighted by molar-refractivity contribution is 9.10. The third kappa shape index (κ3) is 1.93. The Hall–Kier alpha value is -1.13. The fraction of sp³-hybridized carbons (Fsp3) is 0.438. The molecule has 0 spiro atoms. The molecule has 0 amide bonds. The summed E-state index contributed by atoms with van der Waals surface area (Å²) >= 11 is 3.72. The van der Waals surface area contributed by atoms with Gasteiger partial charge in [-0.3, -0.25) is 0 Å². The van der Waals surface area contributed by atoms with Gasteiger partial charge in [-0.2, -0.15) is 5.10 Å².